The monoisotopic (exact) mass is 213 g/mol. The molecule has 1 unspecified atom stereocenters. The van der Waals surface area contributed by atoms with E-state index in [9.17, 15) is 4.79 Å². The Morgan fingerprint density at radius 1 is 1.53 bits per heavy atom. The van der Waals surface area contributed by atoms with E-state index in [0.29, 0.717) is 12.5 Å². The fourth-order valence-corrected chi connectivity index (χ4v) is 2.07. The molecule has 3 heteroatoms. The van der Waals surface area contributed by atoms with Crippen LogP contribution in [0, 0.1) is 11.3 Å². The number of unbranched alkanes of at least 4 members (excludes halogenated alkanes) is 1. The van der Waals surface area contributed by atoms with Gasteiger partial charge in [0.15, 0.2) is 0 Å². The molecule has 1 fully saturated rings. The second kappa shape index (κ2) is 5.50. The summed E-state index contributed by atoms with van der Waals surface area (Å²) in [6.07, 6.45) is 2.95. The molecule has 0 bridgehead atoms. The minimum absolute atomic E-state index is 0.00375. The van der Waals surface area contributed by atoms with Crippen molar-refractivity contribution in [3.63, 3.8) is 0 Å². The van der Waals surface area contributed by atoms with Gasteiger partial charge >= 0.3 is 5.97 Å². The van der Waals surface area contributed by atoms with Gasteiger partial charge in [0.25, 0.3) is 0 Å². The predicted molar refractivity (Wildman–Crippen MR) is 60.6 cm³/mol. The maximum absolute atomic E-state index is 12.0. The number of carbonyl (C=O) groups excluding carboxylic acids is 1. The molecular formula is C12H23NO2. The standard InChI is InChI=1S/C12H23NO2/c1-4-5-8-15-11(14)12(10(2)3)6-7-13-9-12/h10,13H,4-9H2,1-3H3. The van der Waals surface area contributed by atoms with Gasteiger partial charge in [-0.2, -0.15) is 0 Å². The summed E-state index contributed by atoms with van der Waals surface area (Å²) in [4.78, 5) is 12.0. The third kappa shape index (κ3) is 2.71. The molecule has 0 aromatic carbocycles. The summed E-state index contributed by atoms with van der Waals surface area (Å²) in [7, 11) is 0. The molecule has 3 nitrogen and oxygen atoms in total. The lowest BCUT2D eigenvalue weighted by Crippen LogP contribution is -2.40. The Balaban J connectivity index is 2.52. The third-order valence-corrected chi connectivity index (χ3v) is 3.43. The summed E-state index contributed by atoms with van der Waals surface area (Å²) in [6.45, 7) is 8.59. The Morgan fingerprint density at radius 3 is 2.73 bits per heavy atom. The molecule has 1 heterocycles. The van der Waals surface area contributed by atoms with Crippen LogP contribution in [0.4, 0.5) is 0 Å². The van der Waals surface area contributed by atoms with Crippen LogP contribution in [0.5, 0.6) is 0 Å². The largest absolute Gasteiger partial charge is 0.465 e. The van der Waals surface area contributed by atoms with E-state index in [1.807, 2.05) is 0 Å². The molecule has 1 N–H and O–H groups in total. The zero-order valence-electron chi connectivity index (χ0n) is 10.1. The van der Waals surface area contributed by atoms with Gasteiger partial charge in [-0.05, 0) is 25.3 Å². The van der Waals surface area contributed by atoms with Crippen LogP contribution in [0.2, 0.25) is 0 Å². The van der Waals surface area contributed by atoms with Gasteiger partial charge < -0.3 is 10.1 Å². The summed E-state index contributed by atoms with van der Waals surface area (Å²) >= 11 is 0. The maximum atomic E-state index is 12.0. The van der Waals surface area contributed by atoms with E-state index in [4.69, 9.17) is 4.74 Å². The molecule has 0 aromatic rings. The van der Waals surface area contributed by atoms with E-state index in [0.717, 1.165) is 32.4 Å². The van der Waals surface area contributed by atoms with Crippen molar-refractivity contribution in [2.45, 2.75) is 40.0 Å². The average Bonchev–Trinajstić information content (AvgIpc) is 2.67. The number of carbonyl (C=O) groups is 1. The molecular weight excluding hydrogens is 190 g/mol. The first-order valence-electron chi connectivity index (χ1n) is 6.01. The number of rotatable bonds is 5. The second-order valence-electron chi connectivity index (χ2n) is 4.73. The first kappa shape index (κ1) is 12.5. The number of ether oxygens (including phenoxy) is 1. The lowest BCUT2D eigenvalue weighted by molar-refractivity contribution is -0.157. The van der Waals surface area contributed by atoms with Crippen LogP contribution < -0.4 is 5.32 Å². The highest BCUT2D eigenvalue weighted by Gasteiger charge is 2.45. The number of hydrogen-bond acceptors (Lipinski definition) is 3. The van der Waals surface area contributed by atoms with Gasteiger partial charge in [0.2, 0.25) is 0 Å². The Morgan fingerprint density at radius 2 is 2.27 bits per heavy atom. The van der Waals surface area contributed by atoms with Gasteiger partial charge in [0.1, 0.15) is 0 Å². The molecule has 88 valence electrons. The van der Waals surface area contributed by atoms with Crippen LogP contribution in [-0.2, 0) is 9.53 Å². The van der Waals surface area contributed by atoms with Gasteiger partial charge in [-0.25, -0.2) is 0 Å². The fraction of sp³-hybridized carbons (Fsp3) is 0.917. The smallest absolute Gasteiger partial charge is 0.313 e. The highest BCUT2D eigenvalue weighted by Crippen LogP contribution is 2.35. The Bertz CT molecular complexity index is 208. The first-order valence-corrected chi connectivity index (χ1v) is 6.01. The first-order chi connectivity index (χ1) is 7.13. The average molecular weight is 213 g/mol. The van der Waals surface area contributed by atoms with Crippen molar-refractivity contribution in [3.8, 4) is 0 Å². The second-order valence-corrected chi connectivity index (χ2v) is 4.73. The van der Waals surface area contributed by atoms with Crippen molar-refractivity contribution in [1.82, 2.24) is 5.32 Å². The van der Waals surface area contributed by atoms with Gasteiger partial charge in [-0.3, -0.25) is 4.79 Å². The van der Waals surface area contributed by atoms with E-state index >= 15 is 0 Å². The number of nitrogens with one attached hydrogen (secondary N) is 1. The van der Waals surface area contributed by atoms with Crippen LogP contribution in [0.25, 0.3) is 0 Å². The van der Waals surface area contributed by atoms with Gasteiger partial charge in [-0.1, -0.05) is 27.2 Å². The minimum Gasteiger partial charge on any atom is -0.465 e. The molecule has 0 aromatic heterocycles. The van der Waals surface area contributed by atoms with Crippen LogP contribution in [0.3, 0.4) is 0 Å². The number of hydrogen-bond donors (Lipinski definition) is 1. The Kier molecular flexibility index (Phi) is 4.58. The molecule has 1 aliphatic heterocycles. The zero-order valence-corrected chi connectivity index (χ0v) is 10.1. The van der Waals surface area contributed by atoms with Crippen LogP contribution in [0.1, 0.15) is 40.0 Å². The van der Waals surface area contributed by atoms with Crippen molar-refractivity contribution in [3.05, 3.63) is 0 Å². The fourth-order valence-electron chi connectivity index (χ4n) is 2.07. The molecule has 0 saturated carbocycles. The highest BCUT2D eigenvalue weighted by molar-refractivity contribution is 5.78. The van der Waals surface area contributed by atoms with E-state index < -0.39 is 0 Å². The van der Waals surface area contributed by atoms with E-state index in [-0.39, 0.29) is 11.4 Å². The molecule has 1 atom stereocenters. The van der Waals surface area contributed by atoms with E-state index in [1.54, 1.807) is 0 Å². The van der Waals surface area contributed by atoms with Gasteiger partial charge in [0, 0.05) is 6.54 Å². The van der Waals surface area contributed by atoms with Crippen molar-refractivity contribution in [2.75, 3.05) is 19.7 Å². The lowest BCUT2D eigenvalue weighted by Gasteiger charge is -2.29. The molecule has 15 heavy (non-hydrogen) atoms. The summed E-state index contributed by atoms with van der Waals surface area (Å²) in [5.41, 5.74) is -0.270. The van der Waals surface area contributed by atoms with E-state index in [1.165, 1.54) is 0 Å². The van der Waals surface area contributed by atoms with Crippen LogP contribution >= 0.6 is 0 Å². The molecule has 0 radical (unpaired) electrons. The van der Waals surface area contributed by atoms with Crippen molar-refractivity contribution in [1.29, 1.82) is 0 Å². The van der Waals surface area contributed by atoms with Crippen LogP contribution in [0.15, 0.2) is 0 Å². The Hall–Kier alpha value is -0.570. The topological polar surface area (TPSA) is 38.3 Å². The lowest BCUT2D eigenvalue weighted by atomic mass is 9.76. The van der Waals surface area contributed by atoms with Crippen molar-refractivity contribution >= 4 is 5.97 Å². The Labute approximate surface area is 92.6 Å². The maximum Gasteiger partial charge on any atom is 0.313 e. The molecule has 0 amide bonds. The SMILES string of the molecule is CCCCOC(=O)C1(C(C)C)CCNC1. The predicted octanol–water partition coefficient (Wildman–Crippen LogP) is 1.97. The molecule has 0 spiro atoms. The van der Waals surface area contributed by atoms with Gasteiger partial charge in [-0.15, -0.1) is 0 Å². The highest BCUT2D eigenvalue weighted by atomic mass is 16.5. The quantitative estimate of drug-likeness (QED) is 0.560. The summed E-state index contributed by atoms with van der Waals surface area (Å²) in [5, 5.41) is 3.26. The molecule has 0 aliphatic carbocycles. The summed E-state index contributed by atoms with van der Waals surface area (Å²) in [6, 6.07) is 0. The summed E-state index contributed by atoms with van der Waals surface area (Å²) in [5.74, 6) is 0.345. The summed E-state index contributed by atoms with van der Waals surface area (Å²) < 4.78 is 5.35. The molecule has 1 rings (SSSR count). The minimum atomic E-state index is -0.270. The van der Waals surface area contributed by atoms with E-state index in [2.05, 4.69) is 26.1 Å². The van der Waals surface area contributed by atoms with Crippen molar-refractivity contribution < 1.29 is 9.53 Å². The molecule has 1 saturated heterocycles. The number of esters is 1. The van der Waals surface area contributed by atoms with Crippen molar-refractivity contribution in [2.24, 2.45) is 11.3 Å². The van der Waals surface area contributed by atoms with Crippen LogP contribution in [-0.4, -0.2) is 25.7 Å². The third-order valence-electron chi connectivity index (χ3n) is 3.43. The normalized spacial score (nSPS) is 25.9. The molecule has 1 aliphatic rings. The van der Waals surface area contributed by atoms with Gasteiger partial charge in [0.05, 0.1) is 12.0 Å². The zero-order chi connectivity index (χ0) is 11.3.